The van der Waals surface area contributed by atoms with E-state index in [1.54, 1.807) is 4.68 Å². The lowest BCUT2D eigenvalue weighted by Gasteiger charge is -2.20. The van der Waals surface area contributed by atoms with Crippen molar-refractivity contribution in [1.82, 2.24) is 9.78 Å². The minimum Gasteiger partial charge on any atom is -0.297 e. The highest BCUT2D eigenvalue weighted by molar-refractivity contribution is 5.80. The molecule has 1 aromatic rings. The van der Waals surface area contributed by atoms with E-state index in [1.165, 1.54) is 19.3 Å². The van der Waals surface area contributed by atoms with Crippen molar-refractivity contribution in [3.63, 3.8) is 0 Å². The molecule has 1 aliphatic carbocycles. The van der Waals surface area contributed by atoms with Gasteiger partial charge in [0.15, 0.2) is 5.78 Å². The summed E-state index contributed by atoms with van der Waals surface area (Å²) in [6.45, 7) is 2.40. The number of hydrogen-bond donors (Lipinski definition) is 0. The van der Waals surface area contributed by atoms with Crippen LogP contribution in [0.5, 0.6) is 0 Å². The summed E-state index contributed by atoms with van der Waals surface area (Å²) in [5.41, 5.74) is 0.978. The molecule has 82 valence electrons. The van der Waals surface area contributed by atoms with E-state index >= 15 is 0 Å². The zero-order valence-corrected chi connectivity index (χ0v) is 9.28. The van der Waals surface area contributed by atoms with Crippen molar-refractivity contribution in [3.05, 3.63) is 18.0 Å². The van der Waals surface area contributed by atoms with E-state index in [0.29, 0.717) is 18.2 Å². The normalized spacial score (nSPS) is 17.9. The van der Waals surface area contributed by atoms with Crippen LogP contribution in [0.15, 0.2) is 12.3 Å². The van der Waals surface area contributed by atoms with Crippen LogP contribution in [0.25, 0.3) is 0 Å². The minimum atomic E-state index is 0.295. The molecule has 0 amide bonds. The van der Waals surface area contributed by atoms with Crippen molar-refractivity contribution in [2.24, 2.45) is 5.92 Å². The summed E-state index contributed by atoms with van der Waals surface area (Å²) in [6.07, 6.45) is 7.78. The molecule has 1 heterocycles. The molecule has 2 rings (SSSR count). The summed E-state index contributed by atoms with van der Waals surface area (Å²) in [5.74, 6) is 0.654. The number of ketones is 1. The standard InChI is InChI=1S/C12H18N2O/c1-10-7-8-14(13-10)9-12(15)11-5-3-2-4-6-11/h7-8,11H,2-6,9H2,1H3. The van der Waals surface area contributed by atoms with Crippen molar-refractivity contribution >= 4 is 5.78 Å². The maximum Gasteiger partial charge on any atom is 0.157 e. The van der Waals surface area contributed by atoms with E-state index in [1.807, 2.05) is 19.2 Å². The molecule has 1 aromatic heterocycles. The Morgan fingerprint density at radius 1 is 1.47 bits per heavy atom. The molecule has 0 spiro atoms. The first kappa shape index (κ1) is 10.4. The fourth-order valence-corrected chi connectivity index (χ4v) is 2.26. The third kappa shape index (κ3) is 2.67. The Balaban J connectivity index is 1.91. The molecule has 0 aromatic carbocycles. The average molecular weight is 206 g/mol. The summed E-state index contributed by atoms with van der Waals surface area (Å²) in [4.78, 5) is 11.9. The highest BCUT2D eigenvalue weighted by Crippen LogP contribution is 2.24. The van der Waals surface area contributed by atoms with Gasteiger partial charge in [-0.1, -0.05) is 19.3 Å². The van der Waals surface area contributed by atoms with Crippen LogP contribution in [0.2, 0.25) is 0 Å². The van der Waals surface area contributed by atoms with Gasteiger partial charge in [-0.3, -0.25) is 9.48 Å². The van der Waals surface area contributed by atoms with Crippen LogP contribution in [0.1, 0.15) is 37.8 Å². The number of carbonyl (C=O) groups is 1. The number of Topliss-reactive ketones (excluding diaryl/α,β-unsaturated/α-hetero) is 1. The second kappa shape index (κ2) is 4.60. The molecule has 1 aliphatic rings. The number of hydrogen-bond acceptors (Lipinski definition) is 2. The summed E-state index contributed by atoms with van der Waals surface area (Å²) in [7, 11) is 0. The van der Waals surface area contributed by atoms with E-state index in [0.717, 1.165) is 18.5 Å². The Kier molecular flexibility index (Phi) is 3.19. The Morgan fingerprint density at radius 2 is 2.20 bits per heavy atom. The largest absolute Gasteiger partial charge is 0.297 e. The third-order valence-corrected chi connectivity index (χ3v) is 3.15. The van der Waals surface area contributed by atoms with E-state index < -0.39 is 0 Å². The Morgan fingerprint density at radius 3 is 2.80 bits per heavy atom. The van der Waals surface area contributed by atoms with Crippen molar-refractivity contribution < 1.29 is 4.79 Å². The van der Waals surface area contributed by atoms with E-state index in [9.17, 15) is 4.79 Å². The molecule has 0 unspecified atom stereocenters. The molecule has 15 heavy (non-hydrogen) atoms. The molecule has 3 nitrogen and oxygen atoms in total. The molecule has 3 heteroatoms. The smallest absolute Gasteiger partial charge is 0.157 e. The van der Waals surface area contributed by atoms with Crippen LogP contribution in [-0.4, -0.2) is 15.6 Å². The number of rotatable bonds is 3. The molecule has 1 saturated carbocycles. The predicted molar refractivity (Wildman–Crippen MR) is 58.5 cm³/mol. The van der Waals surface area contributed by atoms with Crippen LogP contribution in [0, 0.1) is 12.8 Å². The molecule has 1 fully saturated rings. The SMILES string of the molecule is Cc1ccn(CC(=O)C2CCCCC2)n1. The first-order valence-corrected chi connectivity index (χ1v) is 5.78. The topological polar surface area (TPSA) is 34.9 Å². The zero-order chi connectivity index (χ0) is 10.7. The minimum absolute atomic E-state index is 0.295. The fraction of sp³-hybridized carbons (Fsp3) is 0.667. The maximum absolute atomic E-state index is 11.9. The van der Waals surface area contributed by atoms with Gasteiger partial charge in [-0.15, -0.1) is 0 Å². The Labute approximate surface area is 90.5 Å². The van der Waals surface area contributed by atoms with Gasteiger partial charge in [0, 0.05) is 12.1 Å². The highest BCUT2D eigenvalue weighted by atomic mass is 16.1. The molecular formula is C12H18N2O. The molecule has 0 bridgehead atoms. The maximum atomic E-state index is 11.9. The first-order valence-electron chi connectivity index (χ1n) is 5.78. The van der Waals surface area contributed by atoms with Gasteiger partial charge >= 0.3 is 0 Å². The van der Waals surface area contributed by atoms with Gasteiger partial charge in [-0.2, -0.15) is 5.10 Å². The number of carbonyl (C=O) groups excluding carboxylic acids is 1. The van der Waals surface area contributed by atoms with Crippen molar-refractivity contribution in [1.29, 1.82) is 0 Å². The van der Waals surface area contributed by atoms with Gasteiger partial charge in [0.2, 0.25) is 0 Å². The first-order chi connectivity index (χ1) is 7.25. The van der Waals surface area contributed by atoms with Crippen molar-refractivity contribution in [2.45, 2.75) is 45.6 Å². The van der Waals surface area contributed by atoms with Crippen LogP contribution in [0.3, 0.4) is 0 Å². The van der Waals surface area contributed by atoms with Crippen LogP contribution in [-0.2, 0) is 11.3 Å². The van der Waals surface area contributed by atoms with E-state index in [-0.39, 0.29) is 0 Å². The lowest BCUT2D eigenvalue weighted by atomic mass is 9.86. The summed E-state index contributed by atoms with van der Waals surface area (Å²) in [5, 5.41) is 4.24. The van der Waals surface area contributed by atoms with E-state index in [2.05, 4.69) is 5.10 Å². The quantitative estimate of drug-likeness (QED) is 0.760. The number of aryl methyl sites for hydroxylation is 1. The van der Waals surface area contributed by atoms with Crippen LogP contribution in [0.4, 0.5) is 0 Å². The van der Waals surface area contributed by atoms with Gasteiger partial charge < -0.3 is 0 Å². The summed E-state index contributed by atoms with van der Waals surface area (Å²) < 4.78 is 1.76. The molecular weight excluding hydrogens is 188 g/mol. The second-order valence-corrected chi connectivity index (χ2v) is 4.46. The lowest BCUT2D eigenvalue weighted by Crippen LogP contribution is -2.22. The Hall–Kier alpha value is -1.12. The summed E-state index contributed by atoms with van der Waals surface area (Å²) in [6, 6.07) is 1.94. The zero-order valence-electron chi connectivity index (χ0n) is 9.28. The molecule has 0 atom stereocenters. The van der Waals surface area contributed by atoms with Crippen LogP contribution < -0.4 is 0 Å². The number of nitrogens with zero attached hydrogens (tertiary/aromatic N) is 2. The average Bonchev–Trinajstić information content (AvgIpc) is 2.65. The van der Waals surface area contributed by atoms with Gasteiger partial charge in [0.25, 0.3) is 0 Å². The van der Waals surface area contributed by atoms with Crippen molar-refractivity contribution in [2.75, 3.05) is 0 Å². The predicted octanol–water partition coefficient (Wildman–Crippen LogP) is 2.34. The number of aromatic nitrogens is 2. The summed E-state index contributed by atoms with van der Waals surface area (Å²) >= 11 is 0. The fourth-order valence-electron chi connectivity index (χ4n) is 2.26. The Bertz CT molecular complexity index is 337. The highest BCUT2D eigenvalue weighted by Gasteiger charge is 2.21. The lowest BCUT2D eigenvalue weighted by molar-refractivity contribution is -0.124. The van der Waals surface area contributed by atoms with Gasteiger partial charge in [0.1, 0.15) is 0 Å². The monoisotopic (exact) mass is 206 g/mol. The van der Waals surface area contributed by atoms with Gasteiger partial charge in [-0.25, -0.2) is 0 Å². The van der Waals surface area contributed by atoms with E-state index in [4.69, 9.17) is 0 Å². The van der Waals surface area contributed by atoms with Crippen molar-refractivity contribution in [3.8, 4) is 0 Å². The van der Waals surface area contributed by atoms with Gasteiger partial charge in [0.05, 0.1) is 12.2 Å². The molecule has 0 radical (unpaired) electrons. The van der Waals surface area contributed by atoms with Crippen LogP contribution >= 0.6 is 0 Å². The third-order valence-electron chi connectivity index (χ3n) is 3.15. The molecule has 0 saturated heterocycles. The van der Waals surface area contributed by atoms with Gasteiger partial charge in [-0.05, 0) is 25.8 Å². The molecule has 0 aliphatic heterocycles. The second-order valence-electron chi connectivity index (χ2n) is 4.46. The molecule has 0 N–H and O–H groups in total.